The van der Waals surface area contributed by atoms with Gasteiger partial charge in [0.2, 0.25) is 0 Å². The molecule has 1 aliphatic carbocycles. The minimum Gasteiger partial charge on any atom is -0.493 e. The van der Waals surface area contributed by atoms with Crippen LogP contribution in [0, 0.1) is 17.8 Å². The molecule has 0 spiro atoms. The summed E-state index contributed by atoms with van der Waals surface area (Å²) in [4.78, 5) is 5.25. The van der Waals surface area contributed by atoms with Gasteiger partial charge in [-0.15, -0.1) is 0 Å². The van der Waals surface area contributed by atoms with Crippen LogP contribution in [-0.4, -0.2) is 62.3 Å². The monoisotopic (exact) mass is 370 g/mol. The minimum absolute atomic E-state index is 0.838. The highest BCUT2D eigenvalue weighted by molar-refractivity contribution is 5.39. The highest BCUT2D eigenvalue weighted by Crippen LogP contribution is 2.52. The standard InChI is InChI=1S/C23H34N2O2/c1-2-8-24(9-3-1)10-4-11-26-17-22-20-15-25(16-21(20)22)14-18-5-6-23-19(13-18)7-12-27-23/h5-6,13,20-22H,1-4,7-12,14-17H2. The zero-order valence-corrected chi connectivity index (χ0v) is 16.6. The van der Waals surface area contributed by atoms with Crippen LogP contribution in [-0.2, 0) is 17.7 Å². The SMILES string of the molecule is c1cc2c(cc1CN1CC3C(COCCCN4CCCCC4)C3C1)CCO2. The molecular weight excluding hydrogens is 336 g/mol. The molecule has 3 aliphatic heterocycles. The molecule has 3 heterocycles. The fourth-order valence-electron chi connectivity index (χ4n) is 5.50. The average molecular weight is 371 g/mol. The predicted molar refractivity (Wildman–Crippen MR) is 107 cm³/mol. The van der Waals surface area contributed by atoms with Crippen LogP contribution in [0.5, 0.6) is 5.75 Å². The Hall–Kier alpha value is -1.10. The molecule has 2 saturated heterocycles. The Kier molecular flexibility index (Phi) is 5.39. The average Bonchev–Trinajstić information content (AvgIpc) is 3.05. The lowest BCUT2D eigenvalue weighted by atomic mass is 10.1. The lowest BCUT2D eigenvalue weighted by molar-refractivity contribution is 0.0967. The van der Waals surface area contributed by atoms with E-state index < -0.39 is 0 Å². The third-order valence-corrected chi connectivity index (χ3v) is 7.13. The number of piperidine rings is 2. The normalized spacial score (nSPS) is 30.1. The van der Waals surface area contributed by atoms with Crippen LogP contribution in [0.2, 0.25) is 0 Å². The van der Waals surface area contributed by atoms with Gasteiger partial charge in [-0.2, -0.15) is 0 Å². The van der Waals surface area contributed by atoms with Crippen molar-refractivity contribution >= 4 is 0 Å². The number of hydrogen-bond acceptors (Lipinski definition) is 4. The van der Waals surface area contributed by atoms with E-state index in [0.29, 0.717) is 0 Å². The number of likely N-dealkylation sites (tertiary alicyclic amines) is 2. The van der Waals surface area contributed by atoms with E-state index in [4.69, 9.17) is 9.47 Å². The second-order valence-corrected chi connectivity index (χ2v) is 9.06. The molecule has 27 heavy (non-hydrogen) atoms. The predicted octanol–water partition coefficient (Wildman–Crippen LogP) is 3.19. The summed E-state index contributed by atoms with van der Waals surface area (Å²) in [5.41, 5.74) is 2.85. The van der Waals surface area contributed by atoms with Gasteiger partial charge in [0.05, 0.1) is 13.2 Å². The number of benzene rings is 1. The molecule has 5 rings (SSSR count). The third kappa shape index (κ3) is 4.18. The van der Waals surface area contributed by atoms with Gasteiger partial charge in [0, 0.05) is 39.2 Å². The zero-order chi connectivity index (χ0) is 18.1. The third-order valence-electron chi connectivity index (χ3n) is 7.13. The van der Waals surface area contributed by atoms with Gasteiger partial charge >= 0.3 is 0 Å². The number of fused-ring (bicyclic) bond motifs is 2. The van der Waals surface area contributed by atoms with E-state index >= 15 is 0 Å². The van der Waals surface area contributed by atoms with Crippen LogP contribution in [0.25, 0.3) is 0 Å². The molecule has 0 amide bonds. The number of rotatable bonds is 8. The van der Waals surface area contributed by atoms with E-state index in [2.05, 4.69) is 28.0 Å². The molecule has 2 unspecified atom stereocenters. The number of ether oxygens (including phenoxy) is 2. The van der Waals surface area contributed by atoms with Crippen molar-refractivity contribution in [2.45, 2.75) is 38.6 Å². The van der Waals surface area contributed by atoms with Gasteiger partial charge in [0.15, 0.2) is 0 Å². The Bertz CT molecular complexity index is 631. The van der Waals surface area contributed by atoms with Crippen molar-refractivity contribution in [2.75, 3.05) is 52.5 Å². The van der Waals surface area contributed by atoms with Crippen molar-refractivity contribution in [3.63, 3.8) is 0 Å². The quantitative estimate of drug-likeness (QED) is 0.656. The second kappa shape index (κ2) is 8.10. The first-order chi connectivity index (χ1) is 13.4. The molecule has 1 aromatic rings. The molecule has 0 radical (unpaired) electrons. The van der Waals surface area contributed by atoms with Gasteiger partial charge in [-0.25, -0.2) is 0 Å². The summed E-state index contributed by atoms with van der Waals surface area (Å²) >= 11 is 0. The molecule has 0 bridgehead atoms. The smallest absolute Gasteiger partial charge is 0.122 e. The molecule has 1 aromatic carbocycles. The molecule has 0 aromatic heterocycles. The first-order valence-electron chi connectivity index (χ1n) is 11.1. The summed E-state index contributed by atoms with van der Waals surface area (Å²) in [6.45, 7) is 10.3. The van der Waals surface area contributed by atoms with Gasteiger partial charge in [0.1, 0.15) is 5.75 Å². The first-order valence-corrected chi connectivity index (χ1v) is 11.1. The van der Waals surface area contributed by atoms with E-state index in [0.717, 1.165) is 56.3 Å². The Morgan fingerprint density at radius 3 is 2.74 bits per heavy atom. The topological polar surface area (TPSA) is 24.9 Å². The summed E-state index contributed by atoms with van der Waals surface area (Å²) in [5.74, 6) is 3.72. The van der Waals surface area contributed by atoms with Gasteiger partial charge in [-0.1, -0.05) is 18.6 Å². The molecule has 0 N–H and O–H groups in total. The van der Waals surface area contributed by atoms with Gasteiger partial charge in [-0.3, -0.25) is 4.90 Å². The maximum Gasteiger partial charge on any atom is 0.122 e. The van der Waals surface area contributed by atoms with Crippen LogP contribution >= 0.6 is 0 Å². The highest BCUT2D eigenvalue weighted by Gasteiger charge is 2.55. The molecule has 4 aliphatic rings. The van der Waals surface area contributed by atoms with Gasteiger partial charge in [0.25, 0.3) is 0 Å². The number of nitrogens with zero attached hydrogens (tertiary/aromatic N) is 2. The lowest BCUT2D eigenvalue weighted by Gasteiger charge is -2.26. The molecular formula is C23H34N2O2. The molecule has 3 fully saturated rings. The maximum absolute atomic E-state index is 6.03. The summed E-state index contributed by atoms with van der Waals surface area (Å²) in [6, 6.07) is 6.77. The first kappa shape index (κ1) is 18.0. The Labute approximate surface area is 163 Å². The van der Waals surface area contributed by atoms with Crippen LogP contribution in [0.3, 0.4) is 0 Å². The summed E-state index contributed by atoms with van der Waals surface area (Å²) in [7, 11) is 0. The van der Waals surface area contributed by atoms with Crippen molar-refractivity contribution < 1.29 is 9.47 Å². The zero-order valence-electron chi connectivity index (χ0n) is 16.6. The molecule has 4 heteroatoms. The van der Waals surface area contributed by atoms with E-state index in [1.54, 1.807) is 0 Å². The number of hydrogen-bond donors (Lipinski definition) is 0. The fraction of sp³-hybridized carbons (Fsp3) is 0.739. The Morgan fingerprint density at radius 2 is 1.89 bits per heavy atom. The van der Waals surface area contributed by atoms with E-state index in [1.165, 1.54) is 69.5 Å². The summed E-state index contributed by atoms with van der Waals surface area (Å²) in [5, 5.41) is 0. The van der Waals surface area contributed by atoms with E-state index in [-0.39, 0.29) is 0 Å². The summed E-state index contributed by atoms with van der Waals surface area (Å²) < 4.78 is 11.7. The Balaban J connectivity index is 0.974. The maximum atomic E-state index is 6.03. The molecule has 4 nitrogen and oxygen atoms in total. The second-order valence-electron chi connectivity index (χ2n) is 9.06. The van der Waals surface area contributed by atoms with E-state index in [9.17, 15) is 0 Å². The molecule has 2 atom stereocenters. The summed E-state index contributed by atoms with van der Waals surface area (Å²) in [6.07, 6.45) is 6.49. The van der Waals surface area contributed by atoms with Crippen molar-refractivity contribution in [2.24, 2.45) is 17.8 Å². The lowest BCUT2D eigenvalue weighted by Crippen LogP contribution is -2.31. The Morgan fingerprint density at radius 1 is 1.04 bits per heavy atom. The van der Waals surface area contributed by atoms with Crippen molar-refractivity contribution in [3.8, 4) is 5.75 Å². The van der Waals surface area contributed by atoms with Crippen LogP contribution < -0.4 is 4.74 Å². The van der Waals surface area contributed by atoms with Crippen molar-refractivity contribution in [3.05, 3.63) is 29.3 Å². The van der Waals surface area contributed by atoms with Crippen molar-refractivity contribution in [1.29, 1.82) is 0 Å². The van der Waals surface area contributed by atoms with Crippen molar-refractivity contribution in [1.82, 2.24) is 9.80 Å². The fourth-order valence-corrected chi connectivity index (χ4v) is 5.50. The van der Waals surface area contributed by atoms with Crippen LogP contribution in [0.1, 0.15) is 36.8 Å². The van der Waals surface area contributed by atoms with Crippen LogP contribution in [0.15, 0.2) is 18.2 Å². The molecule has 148 valence electrons. The molecule has 1 saturated carbocycles. The largest absolute Gasteiger partial charge is 0.493 e. The van der Waals surface area contributed by atoms with Crippen LogP contribution in [0.4, 0.5) is 0 Å². The highest BCUT2D eigenvalue weighted by atomic mass is 16.5. The van der Waals surface area contributed by atoms with Gasteiger partial charge < -0.3 is 14.4 Å². The van der Waals surface area contributed by atoms with Gasteiger partial charge in [-0.05, 0) is 67.3 Å². The minimum atomic E-state index is 0.838. The van der Waals surface area contributed by atoms with E-state index in [1.807, 2.05) is 0 Å².